The zero-order valence-corrected chi connectivity index (χ0v) is 10.6. The van der Waals surface area contributed by atoms with E-state index in [2.05, 4.69) is 10.2 Å². The SMILES string of the molecule is CC(C)[C@H](NC(=O)N1CCN(C)CC1)C(=O)O. The molecule has 2 amide bonds. The van der Waals surface area contributed by atoms with Crippen LogP contribution in [0.3, 0.4) is 0 Å². The third-order valence-corrected chi connectivity index (χ3v) is 3.00. The number of carbonyl (C=O) groups is 2. The monoisotopic (exact) mass is 243 g/mol. The predicted octanol–water partition coefficient (Wildman–Crippen LogP) is 0.0526. The van der Waals surface area contributed by atoms with Crippen LogP contribution in [-0.2, 0) is 4.79 Å². The van der Waals surface area contributed by atoms with Crippen LogP contribution in [0.25, 0.3) is 0 Å². The minimum Gasteiger partial charge on any atom is -0.480 e. The molecule has 0 aromatic heterocycles. The third-order valence-electron chi connectivity index (χ3n) is 3.00. The van der Waals surface area contributed by atoms with Gasteiger partial charge in [-0.3, -0.25) is 0 Å². The molecule has 1 aliphatic heterocycles. The lowest BCUT2D eigenvalue weighted by Crippen LogP contribution is -2.55. The Kier molecular flexibility index (Phi) is 4.74. The van der Waals surface area contributed by atoms with Crippen LogP contribution in [0.2, 0.25) is 0 Å². The summed E-state index contributed by atoms with van der Waals surface area (Å²) in [5, 5.41) is 11.6. The van der Waals surface area contributed by atoms with E-state index in [1.165, 1.54) is 0 Å². The largest absolute Gasteiger partial charge is 0.480 e. The quantitative estimate of drug-likeness (QED) is 0.735. The Hall–Kier alpha value is -1.30. The molecule has 0 unspecified atom stereocenters. The summed E-state index contributed by atoms with van der Waals surface area (Å²) in [6, 6.07) is -1.10. The van der Waals surface area contributed by atoms with Crippen molar-refractivity contribution in [2.24, 2.45) is 5.92 Å². The van der Waals surface area contributed by atoms with E-state index in [0.717, 1.165) is 13.1 Å². The van der Waals surface area contributed by atoms with Crippen LogP contribution >= 0.6 is 0 Å². The molecule has 0 aromatic rings. The molecule has 0 saturated carbocycles. The standard InChI is InChI=1S/C11H21N3O3/c1-8(2)9(10(15)16)12-11(17)14-6-4-13(3)5-7-14/h8-9H,4-7H2,1-3H3,(H,12,17)(H,15,16)/t9-/m0/s1. The molecular weight excluding hydrogens is 222 g/mol. The van der Waals surface area contributed by atoms with E-state index in [-0.39, 0.29) is 11.9 Å². The van der Waals surface area contributed by atoms with Crippen molar-refractivity contribution in [3.8, 4) is 0 Å². The summed E-state index contributed by atoms with van der Waals surface area (Å²) in [4.78, 5) is 26.6. The summed E-state index contributed by atoms with van der Waals surface area (Å²) in [5.41, 5.74) is 0. The van der Waals surface area contributed by atoms with Crippen molar-refractivity contribution in [3.63, 3.8) is 0 Å². The summed E-state index contributed by atoms with van der Waals surface area (Å²) in [5.74, 6) is -1.11. The van der Waals surface area contributed by atoms with Gasteiger partial charge >= 0.3 is 12.0 Å². The molecule has 1 atom stereocenters. The molecule has 0 aromatic carbocycles. The van der Waals surface area contributed by atoms with E-state index in [9.17, 15) is 9.59 Å². The highest BCUT2D eigenvalue weighted by Crippen LogP contribution is 2.05. The van der Waals surface area contributed by atoms with E-state index >= 15 is 0 Å². The number of urea groups is 1. The number of amides is 2. The van der Waals surface area contributed by atoms with Gasteiger partial charge in [0.25, 0.3) is 0 Å². The highest BCUT2D eigenvalue weighted by atomic mass is 16.4. The number of rotatable bonds is 3. The zero-order chi connectivity index (χ0) is 13.0. The Labute approximate surface area is 102 Å². The number of hydrogen-bond acceptors (Lipinski definition) is 3. The molecule has 2 N–H and O–H groups in total. The number of carboxylic acids is 1. The third kappa shape index (κ3) is 3.89. The molecule has 6 nitrogen and oxygen atoms in total. The molecule has 1 saturated heterocycles. The first kappa shape index (κ1) is 13.8. The lowest BCUT2D eigenvalue weighted by Gasteiger charge is -2.33. The van der Waals surface area contributed by atoms with Crippen molar-refractivity contribution in [3.05, 3.63) is 0 Å². The smallest absolute Gasteiger partial charge is 0.326 e. The lowest BCUT2D eigenvalue weighted by molar-refractivity contribution is -0.140. The van der Waals surface area contributed by atoms with Gasteiger partial charge in [-0.25, -0.2) is 9.59 Å². The number of hydrogen-bond donors (Lipinski definition) is 2. The molecule has 1 aliphatic rings. The minimum absolute atomic E-state index is 0.121. The van der Waals surface area contributed by atoms with Gasteiger partial charge in [0.1, 0.15) is 6.04 Å². The van der Waals surface area contributed by atoms with Gasteiger partial charge < -0.3 is 20.2 Å². The first-order valence-electron chi connectivity index (χ1n) is 5.88. The van der Waals surface area contributed by atoms with E-state index in [0.29, 0.717) is 13.1 Å². The molecular formula is C11H21N3O3. The van der Waals surface area contributed by atoms with E-state index in [4.69, 9.17) is 5.11 Å². The Morgan fingerprint density at radius 2 is 1.71 bits per heavy atom. The maximum absolute atomic E-state index is 11.9. The number of nitrogens with zero attached hydrogens (tertiary/aromatic N) is 2. The van der Waals surface area contributed by atoms with Crippen molar-refractivity contribution >= 4 is 12.0 Å². The van der Waals surface area contributed by atoms with Gasteiger partial charge in [0.15, 0.2) is 0 Å². The number of likely N-dealkylation sites (N-methyl/N-ethyl adjacent to an activating group) is 1. The molecule has 6 heteroatoms. The second kappa shape index (κ2) is 5.86. The fraction of sp³-hybridized carbons (Fsp3) is 0.818. The Morgan fingerprint density at radius 1 is 1.18 bits per heavy atom. The van der Waals surface area contributed by atoms with E-state index in [1.54, 1.807) is 18.7 Å². The molecule has 1 rings (SSSR count). The Morgan fingerprint density at radius 3 is 2.12 bits per heavy atom. The number of carbonyl (C=O) groups excluding carboxylic acids is 1. The Balaban J connectivity index is 2.50. The average Bonchev–Trinajstić information content (AvgIpc) is 2.25. The van der Waals surface area contributed by atoms with Gasteiger partial charge in [-0.1, -0.05) is 13.8 Å². The van der Waals surface area contributed by atoms with Crippen molar-refractivity contribution in [1.82, 2.24) is 15.1 Å². The predicted molar refractivity (Wildman–Crippen MR) is 63.9 cm³/mol. The normalized spacial score (nSPS) is 19.2. The topological polar surface area (TPSA) is 72.9 Å². The van der Waals surface area contributed by atoms with Crippen LogP contribution in [0.1, 0.15) is 13.8 Å². The van der Waals surface area contributed by atoms with Gasteiger partial charge in [-0.15, -0.1) is 0 Å². The number of aliphatic carboxylic acids is 1. The summed E-state index contributed by atoms with van der Waals surface area (Å²) >= 11 is 0. The Bertz CT molecular complexity index is 286. The summed E-state index contributed by atoms with van der Waals surface area (Å²) in [7, 11) is 2.00. The van der Waals surface area contributed by atoms with Crippen LogP contribution in [-0.4, -0.2) is 66.2 Å². The summed E-state index contributed by atoms with van der Waals surface area (Å²) in [6.45, 7) is 6.51. The molecule has 0 aliphatic carbocycles. The van der Waals surface area contributed by atoms with Gasteiger partial charge in [-0.05, 0) is 13.0 Å². The van der Waals surface area contributed by atoms with Gasteiger partial charge in [-0.2, -0.15) is 0 Å². The lowest BCUT2D eigenvalue weighted by atomic mass is 10.1. The second-order valence-electron chi connectivity index (χ2n) is 4.80. The van der Waals surface area contributed by atoms with E-state index < -0.39 is 12.0 Å². The summed E-state index contributed by atoms with van der Waals surface area (Å²) in [6.07, 6.45) is 0. The van der Waals surface area contributed by atoms with Crippen LogP contribution in [0, 0.1) is 5.92 Å². The first-order chi connectivity index (χ1) is 7.91. The molecule has 98 valence electrons. The van der Waals surface area contributed by atoms with E-state index in [1.807, 2.05) is 7.05 Å². The van der Waals surface area contributed by atoms with Gasteiger partial charge in [0, 0.05) is 26.2 Å². The van der Waals surface area contributed by atoms with Crippen LogP contribution in [0.5, 0.6) is 0 Å². The highest BCUT2D eigenvalue weighted by molar-refractivity contribution is 5.82. The maximum Gasteiger partial charge on any atom is 0.326 e. The summed E-state index contributed by atoms with van der Waals surface area (Å²) < 4.78 is 0. The van der Waals surface area contributed by atoms with Crippen molar-refractivity contribution < 1.29 is 14.7 Å². The number of carboxylic acid groups (broad SMARTS) is 1. The number of nitrogens with one attached hydrogen (secondary N) is 1. The molecule has 0 spiro atoms. The fourth-order valence-corrected chi connectivity index (χ4v) is 1.75. The average molecular weight is 243 g/mol. The van der Waals surface area contributed by atoms with Gasteiger partial charge in [0.2, 0.25) is 0 Å². The zero-order valence-electron chi connectivity index (χ0n) is 10.6. The minimum atomic E-state index is -0.984. The molecule has 1 heterocycles. The molecule has 17 heavy (non-hydrogen) atoms. The number of piperazine rings is 1. The molecule has 0 radical (unpaired) electrons. The molecule has 1 fully saturated rings. The van der Waals surface area contributed by atoms with Crippen LogP contribution in [0.4, 0.5) is 4.79 Å². The van der Waals surface area contributed by atoms with Crippen molar-refractivity contribution in [2.75, 3.05) is 33.2 Å². The van der Waals surface area contributed by atoms with Gasteiger partial charge in [0.05, 0.1) is 0 Å². The molecule has 0 bridgehead atoms. The van der Waals surface area contributed by atoms with Crippen LogP contribution < -0.4 is 5.32 Å². The maximum atomic E-state index is 11.9. The van der Waals surface area contributed by atoms with Crippen molar-refractivity contribution in [2.45, 2.75) is 19.9 Å². The van der Waals surface area contributed by atoms with Crippen LogP contribution in [0.15, 0.2) is 0 Å². The second-order valence-corrected chi connectivity index (χ2v) is 4.80. The highest BCUT2D eigenvalue weighted by Gasteiger charge is 2.27. The van der Waals surface area contributed by atoms with Crippen molar-refractivity contribution in [1.29, 1.82) is 0 Å². The first-order valence-corrected chi connectivity index (χ1v) is 5.88. The fourth-order valence-electron chi connectivity index (χ4n) is 1.75.